The molecule has 2 heterocycles. The van der Waals surface area contributed by atoms with Crippen LogP contribution in [0.5, 0.6) is 0 Å². The maximum absolute atomic E-state index is 5.06. The van der Waals surface area contributed by atoms with Gasteiger partial charge in [0, 0.05) is 18.4 Å². The SMILES string of the molecule is C[C@H](Cn1cccn1)NC1OCO1. The van der Waals surface area contributed by atoms with Gasteiger partial charge in [-0.25, -0.2) is 0 Å². The van der Waals surface area contributed by atoms with Crippen LogP contribution in [0.2, 0.25) is 0 Å². The predicted octanol–water partition coefficient (Wildman–Crippen LogP) is 0.149. The van der Waals surface area contributed by atoms with Crippen molar-refractivity contribution in [2.24, 2.45) is 0 Å². The standard InChI is InChI=1S/C8H13N3O2/c1-7(10-8-12-6-13-8)5-11-4-2-3-9-11/h2-4,7-8,10H,5-6H2,1H3/t7-/m1/s1. The molecular weight excluding hydrogens is 170 g/mol. The van der Waals surface area contributed by atoms with Crippen LogP contribution in [0.25, 0.3) is 0 Å². The predicted molar refractivity (Wildman–Crippen MR) is 45.6 cm³/mol. The molecule has 1 aliphatic rings. The molecule has 1 aromatic heterocycles. The van der Waals surface area contributed by atoms with Crippen LogP contribution in [0.4, 0.5) is 0 Å². The number of nitrogens with one attached hydrogen (secondary N) is 1. The van der Waals surface area contributed by atoms with Crippen molar-refractivity contribution in [3.05, 3.63) is 18.5 Å². The van der Waals surface area contributed by atoms with Crippen LogP contribution in [-0.4, -0.2) is 29.0 Å². The third-order valence-corrected chi connectivity index (χ3v) is 1.88. The van der Waals surface area contributed by atoms with Crippen LogP contribution in [-0.2, 0) is 16.0 Å². The monoisotopic (exact) mass is 183 g/mol. The summed E-state index contributed by atoms with van der Waals surface area (Å²) in [5, 5.41) is 7.25. The zero-order valence-electron chi connectivity index (χ0n) is 7.51. The lowest BCUT2D eigenvalue weighted by Crippen LogP contribution is -2.48. The van der Waals surface area contributed by atoms with Crippen LogP contribution in [0.15, 0.2) is 18.5 Å². The molecule has 1 N–H and O–H groups in total. The van der Waals surface area contributed by atoms with Gasteiger partial charge < -0.3 is 9.47 Å². The van der Waals surface area contributed by atoms with E-state index >= 15 is 0 Å². The van der Waals surface area contributed by atoms with Gasteiger partial charge in [-0.15, -0.1) is 0 Å². The van der Waals surface area contributed by atoms with E-state index < -0.39 is 0 Å². The van der Waals surface area contributed by atoms with Gasteiger partial charge in [-0.1, -0.05) is 0 Å². The molecule has 1 atom stereocenters. The molecule has 1 saturated heterocycles. The molecule has 0 unspecified atom stereocenters. The summed E-state index contributed by atoms with van der Waals surface area (Å²) >= 11 is 0. The third-order valence-electron chi connectivity index (χ3n) is 1.88. The van der Waals surface area contributed by atoms with Crippen molar-refractivity contribution in [2.75, 3.05) is 6.79 Å². The van der Waals surface area contributed by atoms with Gasteiger partial charge in [0.15, 0.2) is 6.79 Å². The van der Waals surface area contributed by atoms with Crippen molar-refractivity contribution in [1.82, 2.24) is 15.1 Å². The summed E-state index contributed by atoms with van der Waals surface area (Å²) < 4.78 is 12.0. The molecular formula is C8H13N3O2. The lowest BCUT2D eigenvalue weighted by molar-refractivity contribution is -0.335. The number of rotatable bonds is 4. The highest BCUT2D eigenvalue weighted by molar-refractivity contribution is 4.79. The summed E-state index contributed by atoms with van der Waals surface area (Å²) in [6, 6.07) is 2.19. The second-order valence-electron chi connectivity index (χ2n) is 3.08. The fourth-order valence-corrected chi connectivity index (χ4v) is 1.21. The quantitative estimate of drug-likeness (QED) is 0.721. The first kappa shape index (κ1) is 8.68. The maximum atomic E-state index is 5.06. The van der Waals surface area contributed by atoms with E-state index in [2.05, 4.69) is 17.3 Å². The van der Waals surface area contributed by atoms with E-state index in [-0.39, 0.29) is 12.5 Å². The Morgan fingerprint density at radius 1 is 1.69 bits per heavy atom. The summed E-state index contributed by atoms with van der Waals surface area (Å²) in [5.74, 6) is 0. The Hall–Kier alpha value is -0.910. The molecule has 5 heteroatoms. The van der Waals surface area contributed by atoms with Crippen LogP contribution < -0.4 is 5.32 Å². The summed E-state index contributed by atoms with van der Waals surface area (Å²) in [6.07, 6.45) is 3.47. The Balaban J connectivity index is 1.74. The molecule has 0 spiro atoms. The number of aromatic nitrogens is 2. The molecule has 1 aliphatic heterocycles. The molecule has 1 fully saturated rings. The van der Waals surface area contributed by atoms with Gasteiger partial charge in [0.2, 0.25) is 6.41 Å². The summed E-state index contributed by atoms with van der Waals surface area (Å²) in [4.78, 5) is 0. The van der Waals surface area contributed by atoms with Crippen molar-refractivity contribution in [2.45, 2.75) is 25.9 Å². The average Bonchev–Trinajstić information content (AvgIpc) is 2.49. The second kappa shape index (κ2) is 3.87. The molecule has 0 radical (unpaired) electrons. The van der Waals surface area contributed by atoms with E-state index in [4.69, 9.17) is 9.47 Å². The van der Waals surface area contributed by atoms with Crippen LogP contribution >= 0.6 is 0 Å². The van der Waals surface area contributed by atoms with Crippen molar-refractivity contribution in [3.63, 3.8) is 0 Å². The summed E-state index contributed by atoms with van der Waals surface area (Å²) in [6.45, 7) is 3.27. The molecule has 2 rings (SSSR count). The van der Waals surface area contributed by atoms with Crippen molar-refractivity contribution >= 4 is 0 Å². The minimum atomic E-state index is -0.231. The van der Waals surface area contributed by atoms with Crippen LogP contribution in [0.1, 0.15) is 6.92 Å². The maximum Gasteiger partial charge on any atom is 0.220 e. The fourth-order valence-electron chi connectivity index (χ4n) is 1.21. The zero-order valence-corrected chi connectivity index (χ0v) is 7.51. The van der Waals surface area contributed by atoms with Crippen molar-refractivity contribution < 1.29 is 9.47 Å². The highest BCUT2D eigenvalue weighted by Crippen LogP contribution is 2.04. The van der Waals surface area contributed by atoms with Crippen LogP contribution in [0.3, 0.4) is 0 Å². The van der Waals surface area contributed by atoms with Gasteiger partial charge in [-0.2, -0.15) is 5.10 Å². The van der Waals surface area contributed by atoms with E-state index in [1.54, 1.807) is 6.20 Å². The van der Waals surface area contributed by atoms with E-state index in [9.17, 15) is 0 Å². The smallest absolute Gasteiger partial charge is 0.220 e. The molecule has 0 bridgehead atoms. The van der Waals surface area contributed by atoms with Gasteiger partial charge in [0.25, 0.3) is 0 Å². The highest BCUT2D eigenvalue weighted by Gasteiger charge is 2.20. The lowest BCUT2D eigenvalue weighted by atomic mass is 10.3. The Bertz CT molecular complexity index is 246. The van der Waals surface area contributed by atoms with E-state index in [0.717, 1.165) is 6.54 Å². The van der Waals surface area contributed by atoms with E-state index in [1.807, 2.05) is 16.9 Å². The van der Waals surface area contributed by atoms with Gasteiger partial charge in [-0.05, 0) is 13.0 Å². The van der Waals surface area contributed by atoms with Gasteiger partial charge in [0.1, 0.15) is 0 Å². The van der Waals surface area contributed by atoms with Crippen molar-refractivity contribution in [3.8, 4) is 0 Å². The van der Waals surface area contributed by atoms with Crippen LogP contribution in [0, 0.1) is 0 Å². The Labute approximate surface area is 76.6 Å². The first-order valence-corrected chi connectivity index (χ1v) is 4.31. The van der Waals surface area contributed by atoms with Gasteiger partial charge >= 0.3 is 0 Å². The Kier molecular flexibility index (Phi) is 2.58. The van der Waals surface area contributed by atoms with Gasteiger partial charge in [-0.3, -0.25) is 10.00 Å². The lowest BCUT2D eigenvalue weighted by Gasteiger charge is -2.30. The number of ether oxygens (including phenoxy) is 2. The Morgan fingerprint density at radius 2 is 2.54 bits per heavy atom. The number of hydrogen-bond acceptors (Lipinski definition) is 4. The Morgan fingerprint density at radius 3 is 3.08 bits per heavy atom. The summed E-state index contributed by atoms with van der Waals surface area (Å²) in [7, 11) is 0. The minimum Gasteiger partial charge on any atom is -0.313 e. The molecule has 0 aliphatic carbocycles. The average molecular weight is 183 g/mol. The topological polar surface area (TPSA) is 48.3 Å². The molecule has 0 aromatic carbocycles. The number of nitrogens with zero attached hydrogens (tertiary/aromatic N) is 2. The highest BCUT2D eigenvalue weighted by atomic mass is 16.9. The second-order valence-corrected chi connectivity index (χ2v) is 3.08. The fraction of sp³-hybridized carbons (Fsp3) is 0.625. The first-order chi connectivity index (χ1) is 6.34. The molecule has 5 nitrogen and oxygen atoms in total. The zero-order chi connectivity index (χ0) is 9.10. The molecule has 72 valence electrons. The number of hydrogen-bond donors (Lipinski definition) is 1. The minimum absolute atomic E-state index is 0.231. The molecule has 13 heavy (non-hydrogen) atoms. The third kappa shape index (κ3) is 2.27. The first-order valence-electron chi connectivity index (χ1n) is 4.31. The molecule has 1 aromatic rings. The largest absolute Gasteiger partial charge is 0.313 e. The van der Waals surface area contributed by atoms with Crippen molar-refractivity contribution in [1.29, 1.82) is 0 Å². The van der Waals surface area contributed by atoms with E-state index in [0.29, 0.717) is 6.79 Å². The van der Waals surface area contributed by atoms with Gasteiger partial charge in [0.05, 0.1) is 6.54 Å². The molecule has 0 amide bonds. The molecule has 0 saturated carbocycles. The van der Waals surface area contributed by atoms with E-state index in [1.165, 1.54) is 0 Å². The normalized spacial score (nSPS) is 19.8. The summed E-state index contributed by atoms with van der Waals surface area (Å²) in [5.41, 5.74) is 0.